The van der Waals surface area contributed by atoms with E-state index >= 15 is 0 Å². The normalized spacial score (nSPS) is 31.7. The monoisotopic (exact) mass is 417 g/mol. The smallest absolute Gasteiger partial charge is 0.277 e. The molecule has 3 fully saturated rings. The Morgan fingerprint density at radius 3 is 2.67 bits per heavy atom. The quantitative estimate of drug-likeness (QED) is 0.769. The molecule has 1 aromatic carbocycles. The van der Waals surface area contributed by atoms with Crippen molar-refractivity contribution in [1.82, 2.24) is 4.90 Å². The number of carbonyl (C=O) groups excluding carboxylic acids is 1. The number of ether oxygens (including phenoxy) is 2. The maximum atomic E-state index is 13.1. The molecule has 2 aliphatic heterocycles. The number of nitrogens with zero attached hydrogens (tertiary/aromatic N) is 1. The van der Waals surface area contributed by atoms with Gasteiger partial charge < -0.3 is 24.4 Å². The zero-order valence-electron chi connectivity index (χ0n) is 18.5. The van der Waals surface area contributed by atoms with E-state index in [9.17, 15) is 9.90 Å². The van der Waals surface area contributed by atoms with Crippen molar-refractivity contribution in [3.05, 3.63) is 23.8 Å². The minimum Gasteiger partial charge on any atom is -0.497 e. The number of quaternary nitrogens is 1. The molecular formula is C24H37N2O4+. The number of aliphatic hydroxyl groups is 1. The molecular weight excluding hydrogens is 380 g/mol. The first-order chi connectivity index (χ1) is 14.6. The maximum Gasteiger partial charge on any atom is 0.277 e. The summed E-state index contributed by atoms with van der Waals surface area (Å²) in [6.07, 6.45) is 8.29. The van der Waals surface area contributed by atoms with Crippen molar-refractivity contribution in [2.75, 3.05) is 40.4 Å². The average Bonchev–Trinajstić information content (AvgIpc) is 2.79. The molecule has 3 aliphatic rings. The summed E-state index contributed by atoms with van der Waals surface area (Å²) >= 11 is 0. The molecule has 30 heavy (non-hydrogen) atoms. The van der Waals surface area contributed by atoms with E-state index in [0.29, 0.717) is 6.54 Å². The molecule has 6 heteroatoms. The van der Waals surface area contributed by atoms with Gasteiger partial charge in [0.05, 0.1) is 31.9 Å². The molecule has 2 N–H and O–H groups in total. The Morgan fingerprint density at radius 1 is 1.13 bits per heavy atom. The van der Waals surface area contributed by atoms with Gasteiger partial charge in [0.1, 0.15) is 17.5 Å². The lowest BCUT2D eigenvalue weighted by molar-refractivity contribution is -0.938. The zero-order chi connectivity index (χ0) is 21.1. The van der Waals surface area contributed by atoms with Gasteiger partial charge in [-0.15, -0.1) is 0 Å². The fourth-order valence-electron chi connectivity index (χ4n) is 6.01. The molecule has 0 aromatic heterocycles. The third-order valence-electron chi connectivity index (χ3n) is 7.65. The highest BCUT2D eigenvalue weighted by Crippen LogP contribution is 2.46. The second-order valence-corrected chi connectivity index (χ2v) is 9.32. The summed E-state index contributed by atoms with van der Waals surface area (Å²) in [5, 5.41) is 11.5. The highest BCUT2D eigenvalue weighted by Gasteiger charge is 2.52. The number of rotatable bonds is 5. The van der Waals surface area contributed by atoms with Gasteiger partial charge in [-0.25, -0.2) is 0 Å². The number of nitrogens with one attached hydrogen (secondary N) is 1. The van der Waals surface area contributed by atoms with E-state index < -0.39 is 5.60 Å². The Morgan fingerprint density at radius 2 is 1.93 bits per heavy atom. The van der Waals surface area contributed by atoms with Crippen LogP contribution < -0.4 is 14.4 Å². The maximum absolute atomic E-state index is 13.1. The van der Waals surface area contributed by atoms with Gasteiger partial charge in [0.2, 0.25) is 0 Å². The molecule has 1 aromatic rings. The third-order valence-corrected chi connectivity index (χ3v) is 7.65. The number of piperidine rings is 2. The lowest BCUT2D eigenvalue weighted by Gasteiger charge is -2.50. The van der Waals surface area contributed by atoms with Gasteiger partial charge in [-0.3, -0.25) is 4.79 Å². The second-order valence-electron chi connectivity index (χ2n) is 9.32. The van der Waals surface area contributed by atoms with Gasteiger partial charge in [-0.1, -0.05) is 12.8 Å². The van der Waals surface area contributed by atoms with Crippen LogP contribution in [0.4, 0.5) is 0 Å². The van der Waals surface area contributed by atoms with Crippen molar-refractivity contribution in [3.8, 4) is 11.5 Å². The number of hydrogen-bond donors (Lipinski definition) is 2. The predicted octanol–water partition coefficient (Wildman–Crippen LogP) is 1.97. The number of carbonyl (C=O) groups is 1. The lowest BCUT2D eigenvalue weighted by Crippen LogP contribution is -3.16. The predicted molar refractivity (Wildman–Crippen MR) is 115 cm³/mol. The number of benzene rings is 1. The lowest BCUT2D eigenvalue weighted by atomic mass is 9.66. The highest BCUT2D eigenvalue weighted by molar-refractivity contribution is 5.77. The molecule has 4 atom stereocenters. The van der Waals surface area contributed by atoms with E-state index in [1.54, 1.807) is 14.2 Å². The highest BCUT2D eigenvalue weighted by atomic mass is 16.5. The summed E-state index contributed by atoms with van der Waals surface area (Å²) in [6, 6.07) is 6.03. The van der Waals surface area contributed by atoms with Crippen molar-refractivity contribution in [1.29, 1.82) is 0 Å². The molecule has 4 rings (SSSR count). The molecule has 6 nitrogen and oxygen atoms in total. The summed E-state index contributed by atoms with van der Waals surface area (Å²) in [5.74, 6) is 1.95. The van der Waals surface area contributed by atoms with E-state index in [4.69, 9.17) is 9.47 Å². The Balaban J connectivity index is 1.65. The average molecular weight is 418 g/mol. The van der Waals surface area contributed by atoms with Crippen molar-refractivity contribution < 1.29 is 24.3 Å². The van der Waals surface area contributed by atoms with Crippen LogP contribution >= 0.6 is 0 Å². The first kappa shape index (κ1) is 21.4. The van der Waals surface area contributed by atoms with Crippen molar-refractivity contribution >= 4 is 5.91 Å². The summed E-state index contributed by atoms with van der Waals surface area (Å²) in [4.78, 5) is 16.4. The van der Waals surface area contributed by atoms with Crippen LogP contribution in [0.15, 0.2) is 18.2 Å². The molecule has 2 heterocycles. The van der Waals surface area contributed by atoms with Crippen LogP contribution in [0.1, 0.15) is 63.0 Å². The van der Waals surface area contributed by atoms with Gasteiger partial charge in [0.15, 0.2) is 6.54 Å². The minimum atomic E-state index is -0.633. The number of hydrogen-bond acceptors (Lipinski definition) is 4. The molecule has 0 bridgehead atoms. The van der Waals surface area contributed by atoms with Crippen LogP contribution in [0.5, 0.6) is 11.5 Å². The van der Waals surface area contributed by atoms with Gasteiger partial charge in [0, 0.05) is 31.5 Å². The van der Waals surface area contributed by atoms with E-state index in [0.717, 1.165) is 81.6 Å². The first-order valence-corrected chi connectivity index (χ1v) is 11.6. The molecule has 166 valence electrons. The van der Waals surface area contributed by atoms with Gasteiger partial charge in [-0.2, -0.15) is 0 Å². The Labute approximate surface area is 180 Å². The van der Waals surface area contributed by atoms with Crippen LogP contribution in [0.2, 0.25) is 0 Å². The van der Waals surface area contributed by atoms with Crippen LogP contribution in [0.3, 0.4) is 0 Å². The van der Waals surface area contributed by atoms with Crippen molar-refractivity contribution in [2.24, 2.45) is 5.92 Å². The molecule has 1 saturated carbocycles. The molecule has 0 spiro atoms. The number of fused-ring (bicyclic) bond motifs is 1. The fraction of sp³-hybridized carbons (Fsp3) is 0.708. The third kappa shape index (κ3) is 4.17. The molecule has 1 unspecified atom stereocenters. The molecule has 1 amide bonds. The molecule has 1 aliphatic carbocycles. The zero-order valence-corrected chi connectivity index (χ0v) is 18.5. The minimum absolute atomic E-state index is 0.0543. The largest absolute Gasteiger partial charge is 0.497 e. The molecule has 2 saturated heterocycles. The van der Waals surface area contributed by atoms with Gasteiger partial charge >= 0.3 is 0 Å². The second kappa shape index (κ2) is 9.15. The SMILES string of the molecule is COc1ccc([C@@H]2[C@@H]3CCCC[C@@]3(O)CC[NH+]2CC(=O)N2CCCCC2)c(OC)c1. The number of amides is 1. The van der Waals surface area contributed by atoms with E-state index in [2.05, 4.69) is 6.07 Å². The first-order valence-electron chi connectivity index (χ1n) is 11.6. The standard InChI is InChI=1S/C24H36N2O4/c1-29-18-9-10-19(21(16-18)30-2)23-20-8-4-5-11-24(20,28)12-15-26(23)17-22(27)25-13-6-3-7-14-25/h9-10,16,20,23,28H,3-8,11-15,17H2,1-2H3/p+1/t20-,23+,24+/m0/s1. The van der Waals surface area contributed by atoms with Crippen LogP contribution in [-0.2, 0) is 4.79 Å². The van der Waals surface area contributed by atoms with Crippen LogP contribution in [0.25, 0.3) is 0 Å². The van der Waals surface area contributed by atoms with Crippen molar-refractivity contribution in [2.45, 2.75) is 63.0 Å². The topological polar surface area (TPSA) is 63.4 Å². The summed E-state index contributed by atoms with van der Waals surface area (Å²) < 4.78 is 11.2. The summed E-state index contributed by atoms with van der Waals surface area (Å²) in [7, 11) is 3.34. The summed E-state index contributed by atoms with van der Waals surface area (Å²) in [6.45, 7) is 3.07. The van der Waals surface area contributed by atoms with Crippen molar-refractivity contribution in [3.63, 3.8) is 0 Å². The van der Waals surface area contributed by atoms with E-state index in [1.165, 1.54) is 11.3 Å². The Kier molecular flexibility index (Phi) is 6.54. The van der Waals surface area contributed by atoms with E-state index in [-0.39, 0.29) is 17.9 Å². The Bertz CT molecular complexity index is 749. The number of likely N-dealkylation sites (tertiary alicyclic amines) is 2. The van der Waals surface area contributed by atoms with Gasteiger partial charge in [0.25, 0.3) is 5.91 Å². The summed E-state index contributed by atoms with van der Waals surface area (Å²) in [5.41, 5.74) is 0.454. The van der Waals surface area contributed by atoms with Crippen LogP contribution in [-0.4, -0.2) is 61.9 Å². The van der Waals surface area contributed by atoms with Crippen LogP contribution in [0, 0.1) is 5.92 Å². The number of methoxy groups -OCH3 is 2. The molecule has 0 radical (unpaired) electrons. The van der Waals surface area contributed by atoms with E-state index in [1.807, 2.05) is 17.0 Å². The fourth-order valence-corrected chi connectivity index (χ4v) is 6.01. The van der Waals surface area contributed by atoms with Gasteiger partial charge in [-0.05, 0) is 44.2 Å². The Hall–Kier alpha value is -1.79.